The van der Waals surface area contributed by atoms with Crippen molar-refractivity contribution < 1.29 is 17.9 Å². The van der Waals surface area contributed by atoms with Gasteiger partial charge in [0.2, 0.25) is 0 Å². The summed E-state index contributed by atoms with van der Waals surface area (Å²) in [5, 5.41) is 0. The van der Waals surface area contributed by atoms with Gasteiger partial charge in [0.05, 0.1) is 5.56 Å². The van der Waals surface area contributed by atoms with Crippen molar-refractivity contribution in [2.45, 2.75) is 23.9 Å². The lowest BCUT2D eigenvalue weighted by Crippen LogP contribution is -2.17. The van der Waals surface area contributed by atoms with Crippen molar-refractivity contribution in [1.29, 1.82) is 0 Å². The fraction of sp³-hybridized carbons (Fsp3) is 0.538. The van der Waals surface area contributed by atoms with E-state index in [-0.39, 0.29) is 0 Å². The van der Waals surface area contributed by atoms with Crippen LogP contribution in [0.3, 0.4) is 0 Å². The third kappa shape index (κ3) is 3.92. The average molecular weight is 276 g/mol. The van der Waals surface area contributed by atoms with Crippen LogP contribution in [0.1, 0.15) is 18.4 Å². The first-order valence-electron chi connectivity index (χ1n) is 5.93. The van der Waals surface area contributed by atoms with Crippen molar-refractivity contribution in [2.24, 2.45) is 5.92 Å². The minimum absolute atomic E-state index is 0.585. The lowest BCUT2D eigenvalue weighted by atomic mass is 10.0. The first-order valence-corrected chi connectivity index (χ1v) is 6.92. The van der Waals surface area contributed by atoms with Crippen molar-refractivity contribution in [2.75, 3.05) is 19.0 Å². The summed E-state index contributed by atoms with van der Waals surface area (Å²) in [6.07, 6.45) is -2.15. The lowest BCUT2D eigenvalue weighted by Gasteiger charge is -2.21. The van der Waals surface area contributed by atoms with Gasteiger partial charge in [-0.15, -0.1) is 11.8 Å². The van der Waals surface area contributed by atoms with Crippen LogP contribution >= 0.6 is 11.8 Å². The number of benzene rings is 1. The van der Waals surface area contributed by atoms with Gasteiger partial charge in [-0.25, -0.2) is 0 Å². The molecule has 1 aliphatic rings. The van der Waals surface area contributed by atoms with Gasteiger partial charge in [-0.05, 0) is 43.0 Å². The zero-order valence-electron chi connectivity index (χ0n) is 9.87. The van der Waals surface area contributed by atoms with Crippen molar-refractivity contribution in [3.8, 4) is 0 Å². The zero-order valence-corrected chi connectivity index (χ0v) is 10.7. The summed E-state index contributed by atoms with van der Waals surface area (Å²) in [6.45, 7) is 1.61. The third-order valence-electron chi connectivity index (χ3n) is 3.01. The number of halogens is 3. The molecule has 0 bridgehead atoms. The Morgan fingerprint density at radius 1 is 1.11 bits per heavy atom. The van der Waals surface area contributed by atoms with Crippen LogP contribution in [0.15, 0.2) is 29.2 Å². The molecule has 0 aromatic heterocycles. The summed E-state index contributed by atoms with van der Waals surface area (Å²) < 4.78 is 42.4. The van der Waals surface area contributed by atoms with Crippen molar-refractivity contribution >= 4 is 11.8 Å². The van der Waals surface area contributed by atoms with Gasteiger partial charge < -0.3 is 4.74 Å². The first-order chi connectivity index (χ1) is 8.55. The normalized spacial score (nSPS) is 17.9. The highest BCUT2D eigenvalue weighted by Crippen LogP contribution is 2.31. The molecule has 0 unspecified atom stereocenters. The van der Waals surface area contributed by atoms with Gasteiger partial charge in [-0.2, -0.15) is 13.2 Å². The highest BCUT2D eigenvalue weighted by molar-refractivity contribution is 7.99. The topological polar surface area (TPSA) is 9.23 Å². The molecule has 0 spiro atoms. The molecule has 1 fully saturated rings. The zero-order chi connectivity index (χ0) is 13.0. The summed E-state index contributed by atoms with van der Waals surface area (Å²) in [6, 6.07) is 5.39. The number of ether oxygens (including phenoxy) is 1. The van der Waals surface area contributed by atoms with Crippen LogP contribution in [-0.2, 0) is 10.9 Å². The molecule has 1 nitrogen and oxygen atoms in total. The summed E-state index contributed by atoms with van der Waals surface area (Å²) in [5.41, 5.74) is -0.585. The van der Waals surface area contributed by atoms with Crippen molar-refractivity contribution in [3.63, 3.8) is 0 Å². The molecule has 5 heteroatoms. The van der Waals surface area contributed by atoms with Crippen LogP contribution in [0.5, 0.6) is 0 Å². The van der Waals surface area contributed by atoms with Gasteiger partial charge in [-0.1, -0.05) is 0 Å². The maximum Gasteiger partial charge on any atom is 0.416 e. The molecule has 2 rings (SSSR count). The smallest absolute Gasteiger partial charge is 0.381 e. The number of hydrogen-bond donors (Lipinski definition) is 0. The molecule has 18 heavy (non-hydrogen) atoms. The number of rotatable bonds is 3. The van der Waals surface area contributed by atoms with E-state index in [1.807, 2.05) is 0 Å². The largest absolute Gasteiger partial charge is 0.416 e. The predicted molar refractivity (Wildman–Crippen MR) is 65.7 cm³/mol. The summed E-state index contributed by atoms with van der Waals surface area (Å²) >= 11 is 1.62. The quantitative estimate of drug-likeness (QED) is 0.764. The molecule has 0 atom stereocenters. The van der Waals surface area contributed by atoms with E-state index in [4.69, 9.17) is 4.74 Å². The van der Waals surface area contributed by atoms with Crippen molar-refractivity contribution in [3.05, 3.63) is 29.8 Å². The predicted octanol–water partition coefficient (Wildman–Crippen LogP) is 4.22. The van der Waals surface area contributed by atoms with Gasteiger partial charge >= 0.3 is 6.18 Å². The Bertz CT molecular complexity index is 369. The monoisotopic (exact) mass is 276 g/mol. The highest BCUT2D eigenvalue weighted by Gasteiger charge is 2.29. The second kappa shape index (κ2) is 5.97. The Balaban J connectivity index is 1.86. The molecular formula is C13H15F3OS. The lowest BCUT2D eigenvalue weighted by molar-refractivity contribution is -0.137. The van der Waals surface area contributed by atoms with Crippen LogP contribution in [0, 0.1) is 5.92 Å². The van der Waals surface area contributed by atoms with Crippen LogP contribution < -0.4 is 0 Å². The van der Waals surface area contributed by atoms with E-state index in [1.54, 1.807) is 23.9 Å². The Labute approximate surface area is 109 Å². The number of thioether (sulfide) groups is 1. The Morgan fingerprint density at radius 3 is 2.28 bits per heavy atom. The number of alkyl halides is 3. The van der Waals surface area contributed by atoms with Gasteiger partial charge in [0.25, 0.3) is 0 Å². The highest BCUT2D eigenvalue weighted by atomic mass is 32.2. The molecule has 0 radical (unpaired) electrons. The van der Waals surface area contributed by atoms with Gasteiger partial charge in [0.1, 0.15) is 0 Å². The second-order valence-corrected chi connectivity index (χ2v) is 5.48. The van der Waals surface area contributed by atoms with Gasteiger partial charge in [0.15, 0.2) is 0 Å². The minimum atomic E-state index is -4.25. The molecule has 0 saturated carbocycles. The van der Waals surface area contributed by atoms with Gasteiger partial charge in [0, 0.05) is 23.9 Å². The fourth-order valence-electron chi connectivity index (χ4n) is 1.87. The second-order valence-electron chi connectivity index (χ2n) is 4.39. The van der Waals surface area contributed by atoms with Crippen LogP contribution in [0.4, 0.5) is 13.2 Å². The molecule has 0 amide bonds. The molecule has 0 N–H and O–H groups in total. The standard InChI is InChI=1S/C13H15F3OS/c14-13(15,16)11-1-3-12(4-2-11)18-9-10-5-7-17-8-6-10/h1-4,10H,5-9H2. The van der Waals surface area contributed by atoms with E-state index in [2.05, 4.69) is 0 Å². The maximum atomic E-state index is 12.4. The fourth-order valence-corrected chi connectivity index (χ4v) is 2.96. The molecule has 100 valence electrons. The van der Waals surface area contributed by atoms with Crippen LogP contribution in [0.2, 0.25) is 0 Å². The summed E-state index contributed by atoms with van der Waals surface area (Å²) in [4.78, 5) is 0.898. The van der Waals surface area contributed by atoms with Crippen LogP contribution in [0.25, 0.3) is 0 Å². The Morgan fingerprint density at radius 2 is 1.72 bits per heavy atom. The Kier molecular flexibility index (Phi) is 4.56. The maximum absolute atomic E-state index is 12.4. The Hall–Kier alpha value is -0.680. The molecule has 0 aliphatic carbocycles. The van der Waals surface area contributed by atoms with E-state index < -0.39 is 11.7 Å². The van der Waals surface area contributed by atoms with E-state index >= 15 is 0 Å². The van der Waals surface area contributed by atoms with E-state index in [0.717, 1.165) is 48.8 Å². The molecule has 1 aromatic carbocycles. The first kappa shape index (κ1) is 13.7. The summed E-state index contributed by atoms with van der Waals surface area (Å²) in [5.74, 6) is 1.57. The van der Waals surface area contributed by atoms with Gasteiger partial charge in [-0.3, -0.25) is 0 Å². The van der Waals surface area contributed by atoms with E-state index in [9.17, 15) is 13.2 Å². The molecule has 1 aromatic rings. The van der Waals surface area contributed by atoms with Crippen LogP contribution in [-0.4, -0.2) is 19.0 Å². The molecule has 1 aliphatic heterocycles. The van der Waals surface area contributed by atoms with Crippen molar-refractivity contribution in [1.82, 2.24) is 0 Å². The molecule has 1 saturated heterocycles. The number of hydrogen-bond acceptors (Lipinski definition) is 2. The van der Waals surface area contributed by atoms with E-state index in [1.165, 1.54) is 0 Å². The minimum Gasteiger partial charge on any atom is -0.381 e. The average Bonchev–Trinajstić information content (AvgIpc) is 2.37. The van der Waals surface area contributed by atoms with E-state index in [0.29, 0.717) is 5.92 Å². The SMILES string of the molecule is FC(F)(F)c1ccc(SCC2CCOCC2)cc1. The summed E-state index contributed by atoms with van der Waals surface area (Å²) in [7, 11) is 0. The molecular weight excluding hydrogens is 261 g/mol. The third-order valence-corrected chi connectivity index (χ3v) is 4.25. The molecule has 1 heterocycles.